The van der Waals surface area contributed by atoms with E-state index in [1.807, 2.05) is 19.2 Å². The topological polar surface area (TPSA) is 24.9 Å². The third-order valence-corrected chi connectivity index (χ3v) is 5.35. The smallest absolute Gasteiger partial charge is 0.0753 e. The Morgan fingerprint density at radius 3 is 2.81 bits per heavy atom. The van der Waals surface area contributed by atoms with Crippen LogP contribution in [0.4, 0.5) is 0 Å². The fraction of sp³-hybridized carbons (Fsp3) is 0.235. The summed E-state index contributed by atoms with van der Waals surface area (Å²) in [5.41, 5.74) is 3.35. The van der Waals surface area contributed by atoms with Gasteiger partial charge in [-0.1, -0.05) is 42.8 Å². The van der Waals surface area contributed by atoms with E-state index < -0.39 is 0 Å². The molecule has 2 aromatic heterocycles. The summed E-state index contributed by atoms with van der Waals surface area (Å²) in [6, 6.07) is 10.5. The second kappa shape index (κ2) is 6.14. The standard InChI is InChI=1S/C17H17ClN2S/c1-3-19-16(17-14(18)11(2)10-21-17)13-8-4-6-12-7-5-9-20-15(12)13/h4-10,16,19H,3H2,1-2H3. The minimum absolute atomic E-state index is 0.0831. The van der Waals surface area contributed by atoms with Gasteiger partial charge in [0.1, 0.15) is 0 Å². The molecule has 0 fully saturated rings. The average molecular weight is 317 g/mol. The predicted molar refractivity (Wildman–Crippen MR) is 91.3 cm³/mol. The molecule has 0 spiro atoms. The summed E-state index contributed by atoms with van der Waals surface area (Å²) in [6.45, 7) is 5.04. The van der Waals surface area contributed by atoms with Gasteiger partial charge in [-0.3, -0.25) is 4.98 Å². The van der Waals surface area contributed by atoms with Gasteiger partial charge in [0.2, 0.25) is 0 Å². The first-order chi connectivity index (χ1) is 10.2. The van der Waals surface area contributed by atoms with E-state index in [1.54, 1.807) is 11.3 Å². The Hall–Kier alpha value is -1.42. The summed E-state index contributed by atoms with van der Waals surface area (Å²) in [4.78, 5) is 5.73. The van der Waals surface area contributed by atoms with Gasteiger partial charge in [-0.15, -0.1) is 11.3 Å². The van der Waals surface area contributed by atoms with Crippen molar-refractivity contribution in [1.82, 2.24) is 10.3 Å². The van der Waals surface area contributed by atoms with Crippen molar-refractivity contribution >= 4 is 33.8 Å². The lowest BCUT2D eigenvalue weighted by atomic mass is 10.0. The quantitative estimate of drug-likeness (QED) is 0.736. The molecule has 1 aromatic carbocycles. The molecule has 0 aliphatic carbocycles. The van der Waals surface area contributed by atoms with Crippen LogP contribution in [0.25, 0.3) is 10.9 Å². The van der Waals surface area contributed by atoms with Crippen LogP contribution in [0.5, 0.6) is 0 Å². The number of aryl methyl sites for hydroxylation is 1. The second-order valence-corrected chi connectivity index (χ2v) is 6.30. The molecular formula is C17H17ClN2S. The lowest BCUT2D eigenvalue weighted by molar-refractivity contribution is 0.642. The number of nitrogens with zero attached hydrogens (tertiary/aromatic N) is 1. The number of hydrogen-bond donors (Lipinski definition) is 1. The third kappa shape index (κ3) is 2.69. The van der Waals surface area contributed by atoms with E-state index in [9.17, 15) is 0 Å². The van der Waals surface area contributed by atoms with Gasteiger partial charge in [-0.05, 0) is 30.5 Å². The molecule has 0 aliphatic heterocycles. The number of rotatable bonds is 4. The van der Waals surface area contributed by atoms with Crippen molar-refractivity contribution in [2.75, 3.05) is 6.54 Å². The molecule has 0 saturated carbocycles. The fourth-order valence-electron chi connectivity index (χ4n) is 2.55. The first kappa shape index (κ1) is 14.5. The molecule has 0 aliphatic rings. The van der Waals surface area contributed by atoms with Crippen molar-refractivity contribution in [3.05, 3.63) is 62.9 Å². The van der Waals surface area contributed by atoms with Gasteiger partial charge >= 0.3 is 0 Å². The number of thiophene rings is 1. The molecule has 108 valence electrons. The van der Waals surface area contributed by atoms with E-state index >= 15 is 0 Å². The Balaban J connectivity index is 2.18. The van der Waals surface area contributed by atoms with Gasteiger partial charge in [0.25, 0.3) is 0 Å². The molecule has 1 N–H and O–H groups in total. The van der Waals surface area contributed by atoms with E-state index in [2.05, 4.69) is 46.9 Å². The van der Waals surface area contributed by atoms with Crippen LogP contribution >= 0.6 is 22.9 Å². The molecule has 3 aromatic rings. The van der Waals surface area contributed by atoms with Crippen molar-refractivity contribution in [3.8, 4) is 0 Å². The van der Waals surface area contributed by atoms with Gasteiger partial charge in [0, 0.05) is 22.0 Å². The first-order valence-electron chi connectivity index (χ1n) is 7.03. The minimum atomic E-state index is 0.0831. The van der Waals surface area contributed by atoms with Crippen molar-refractivity contribution in [2.45, 2.75) is 19.9 Å². The highest BCUT2D eigenvalue weighted by molar-refractivity contribution is 7.10. The van der Waals surface area contributed by atoms with Gasteiger partial charge in [-0.25, -0.2) is 0 Å². The molecule has 3 rings (SSSR count). The summed E-state index contributed by atoms with van der Waals surface area (Å²) in [5, 5.41) is 7.67. The first-order valence-corrected chi connectivity index (χ1v) is 8.28. The molecule has 0 bridgehead atoms. The normalized spacial score (nSPS) is 12.7. The van der Waals surface area contributed by atoms with Crippen molar-refractivity contribution in [1.29, 1.82) is 0 Å². The van der Waals surface area contributed by atoms with Crippen LogP contribution in [-0.4, -0.2) is 11.5 Å². The molecule has 0 radical (unpaired) electrons. The minimum Gasteiger partial charge on any atom is -0.306 e. The van der Waals surface area contributed by atoms with Crippen LogP contribution in [-0.2, 0) is 0 Å². The molecule has 0 amide bonds. The summed E-state index contributed by atoms with van der Waals surface area (Å²) >= 11 is 8.20. The number of nitrogens with one attached hydrogen (secondary N) is 1. The number of halogens is 1. The van der Waals surface area contributed by atoms with E-state index in [1.165, 1.54) is 5.56 Å². The zero-order valence-electron chi connectivity index (χ0n) is 12.1. The van der Waals surface area contributed by atoms with Crippen molar-refractivity contribution in [3.63, 3.8) is 0 Å². The molecule has 1 atom stereocenters. The van der Waals surface area contributed by atoms with E-state index in [4.69, 9.17) is 11.6 Å². The van der Waals surface area contributed by atoms with E-state index in [0.29, 0.717) is 0 Å². The maximum Gasteiger partial charge on any atom is 0.0753 e. The van der Waals surface area contributed by atoms with Crippen molar-refractivity contribution in [2.24, 2.45) is 0 Å². The van der Waals surface area contributed by atoms with Crippen LogP contribution in [0.3, 0.4) is 0 Å². The molecule has 2 heterocycles. The Bertz CT molecular complexity index is 761. The Morgan fingerprint density at radius 1 is 1.29 bits per heavy atom. The second-order valence-electron chi connectivity index (χ2n) is 5.01. The summed E-state index contributed by atoms with van der Waals surface area (Å²) < 4.78 is 0. The number of hydrogen-bond acceptors (Lipinski definition) is 3. The van der Waals surface area contributed by atoms with E-state index in [-0.39, 0.29) is 6.04 Å². The predicted octanol–water partition coefficient (Wildman–Crippen LogP) is 4.96. The Labute approximate surface area is 133 Å². The highest BCUT2D eigenvalue weighted by atomic mass is 35.5. The number of para-hydroxylation sites is 1. The lowest BCUT2D eigenvalue weighted by Gasteiger charge is -2.19. The monoisotopic (exact) mass is 316 g/mol. The highest BCUT2D eigenvalue weighted by Gasteiger charge is 2.21. The molecule has 1 unspecified atom stereocenters. The van der Waals surface area contributed by atoms with Gasteiger partial charge in [0.15, 0.2) is 0 Å². The zero-order valence-corrected chi connectivity index (χ0v) is 13.6. The van der Waals surface area contributed by atoms with Crippen LogP contribution in [0.1, 0.15) is 29.0 Å². The van der Waals surface area contributed by atoms with Crippen LogP contribution in [0, 0.1) is 6.92 Å². The van der Waals surface area contributed by atoms with Crippen LogP contribution in [0.15, 0.2) is 41.9 Å². The highest BCUT2D eigenvalue weighted by Crippen LogP contribution is 2.37. The summed E-state index contributed by atoms with van der Waals surface area (Å²) in [6.07, 6.45) is 1.84. The number of aromatic nitrogens is 1. The lowest BCUT2D eigenvalue weighted by Crippen LogP contribution is -2.21. The molecule has 2 nitrogen and oxygen atoms in total. The summed E-state index contributed by atoms with van der Waals surface area (Å²) in [5.74, 6) is 0. The van der Waals surface area contributed by atoms with Gasteiger partial charge in [-0.2, -0.15) is 0 Å². The maximum absolute atomic E-state index is 6.49. The average Bonchev–Trinajstić information content (AvgIpc) is 2.84. The largest absolute Gasteiger partial charge is 0.306 e. The van der Waals surface area contributed by atoms with Crippen LogP contribution in [0.2, 0.25) is 5.02 Å². The molecule has 21 heavy (non-hydrogen) atoms. The Kier molecular flexibility index (Phi) is 4.24. The van der Waals surface area contributed by atoms with E-state index in [0.717, 1.165) is 32.9 Å². The number of benzene rings is 1. The van der Waals surface area contributed by atoms with Crippen LogP contribution < -0.4 is 5.32 Å². The van der Waals surface area contributed by atoms with Gasteiger partial charge in [0.05, 0.1) is 16.6 Å². The molecular weight excluding hydrogens is 300 g/mol. The Morgan fingerprint density at radius 2 is 2.10 bits per heavy atom. The number of pyridine rings is 1. The molecule has 0 saturated heterocycles. The maximum atomic E-state index is 6.49. The third-order valence-electron chi connectivity index (χ3n) is 3.57. The zero-order chi connectivity index (χ0) is 14.8. The van der Waals surface area contributed by atoms with Crippen molar-refractivity contribution < 1.29 is 0 Å². The SMILES string of the molecule is CCNC(c1scc(C)c1Cl)c1cccc2cccnc12. The fourth-order valence-corrected chi connectivity index (χ4v) is 3.95. The summed E-state index contributed by atoms with van der Waals surface area (Å²) in [7, 11) is 0. The number of fused-ring (bicyclic) bond motifs is 1. The molecule has 4 heteroatoms. The van der Waals surface area contributed by atoms with Gasteiger partial charge < -0.3 is 5.32 Å².